The Hall–Kier alpha value is -1.59. The van der Waals surface area contributed by atoms with E-state index in [0.717, 1.165) is 25.9 Å². The molecule has 0 unspecified atom stereocenters. The molecule has 0 aromatic heterocycles. The minimum Gasteiger partial charge on any atom is -0.462 e. The number of nitrogens with one attached hydrogen (secondary N) is 2. The summed E-state index contributed by atoms with van der Waals surface area (Å²) in [7, 11) is 0. The smallest absolute Gasteiger partial charge is 0.338 e. The van der Waals surface area contributed by atoms with Gasteiger partial charge in [0.25, 0.3) is 0 Å². The zero-order valence-corrected chi connectivity index (χ0v) is 13.6. The molecule has 0 aliphatic carbocycles. The molecule has 122 valence electrons. The van der Waals surface area contributed by atoms with E-state index in [-0.39, 0.29) is 24.3 Å². The highest BCUT2D eigenvalue weighted by Crippen LogP contribution is 2.18. The molecule has 0 bridgehead atoms. The molecule has 1 saturated heterocycles. The maximum atomic E-state index is 12.0. The second kappa shape index (κ2) is 9.43. The molecule has 5 nitrogen and oxygen atoms in total. The molecule has 1 heterocycles. The number of hydrogen-bond donors (Lipinski definition) is 2. The summed E-state index contributed by atoms with van der Waals surface area (Å²) in [5.74, 6) is 0.0781. The van der Waals surface area contributed by atoms with E-state index in [0.29, 0.717) is 30.2 Å². The van der Waals surface area contributed by atoms with Crippen LogP contribution < -0.4 is 10.6 Å². The van der Waals surface area contributed by atoms with Crippen LogP contribution in [0.3, 0.4) is 0 Å². The van der Waals surface area contributed by atoms with E-state index in [1.165, 1.54) is 0 Å². The fourth-order valence-corrected chi connectivity index (χ4v) is 2.50. The molecular weight excluding hydrogens is 304 g/mol. The number of anilines is 1. The lowest BCUT2D eigenvalue weighted by Crippen LogP contribution is -2.30. The van der Waals surface area contributed by atoms with Crippen molar-refractivity contribution in [3.05, 3.63) is 29.8 Å². The van der Waals surface area contributed by atoms with Gasteiger partial charge in [0.1, 0.15) is 0 Å². The molecule has 6 heteroatoms. The second-order valence-corrected chi connectivity index (χ2v) is 5.25. The van der Waals surface area contributed by atoms with E-state index >= 15 is 0 Å². The van der Waals surface area contributed by atoms with Crippen molar-refractivity contribution in [1.29, 1.82) is 0 Å². The van der Waals surface area contributed by atoms with E-state index in [4.69, 9.17) is 4.74 Å². The van der Waals surface area contributed by atoms with Crippen molar-refractivity contribution in [2.24, 2.45) is 5.92 Å². The standard InChI is InChI=1S/C16H22N2O3.ClH/c1-2-21-16(20)13-4-3-5-14(11-13)18-15(19)10-12-6-8-17-9-7-12;/h3-5,11-12,17H,2,6-10H2,1H3,(H,18,19);1H. The average Bonchev–Trinajstić information content (AvgIpc) is 2.48. The second-order valence-electron chi connectivity index (χ2n) is 5.25. The predicted octanol–water partition coefficient (Wildman–Crippen LogP) is 2.61. The number of rotatable bonds is 5. The Morgan fingerprint density at radius 1 is 1.32 bits per heavy atom. The number of piperidine rings is 1. The van der Waals surface area contributed by atoms with Gasteiger partial charge in [-0.25, -0.2) is 4.79 Å². The summed E-state index contributed by atoms with van der Waals surface area (Å²) in [4.78, 5) is 23.7. The van der Waals surface area contributed by atoms with Crippen molar-refractivity contribution in [3.8, 4) is 0 Å². The molecule has 2 N–H and O–H groups in total. The Bertz CT molecular complexity index is 502. The number of esters is 1. The molecular formula is C16H23ClN2O3. The van der Waals surface area contributed by atoms with Crippen molar-refractivity contribution in [2.45, 2.75) is 26.2 Å². The fourth-order valence-electron chi connectivity index (χ4n) is 2.50. The van der Waals surface area contributed by atoms with Gasteiger partial charge in [-0.2, -0.15) is 0 Å². The summed E-state index contributed by atoms with van der Waals surface area (Å²) in [5.41, 5.74) is 1.09. The Balaban J connectivity index is 0.00000242. The van der Waals surface area contributed by atoms with Crippen LogP contribution in [-0.4, -0.2) is 31.6 Å². The van der Waals surface area contributed by atoms with Crippen molar-refractivity contribution < 1.29 is 14.3 Å². The maximum Gasteiger partial charge on any atom is 0.338 e. The highest BCUT2D eigenvalue weighted by Gasteiger charge is 2.17. The first-order valence-corrected chi connectivity index (χ1v) is 7.46. The highest BCUT2D eigenvalue weighted by atomic mass is 35.5. The minimum absolute atomic E-state index is 0. The monoisotopic (exact) mass is 326 g/mol. The molecule has 0 atom stereocenters. The number of carbonyl (C=O) groups is 2. The van der Waals surface area contributed by atoms with E-state index < -0.39 is 0 Å². The number of benzene rings is 1. The molecule has 0 radical (unpaired) electrons. The Morgan fingerprint density at radius 2 is 2.05 bits per heavy atom. The number of halogens is 1. The van der Waals surface area contributed by atoms with Crippen LogP contribution in [0.2, 0.25) is 0 Å². The van der Waals surface area contributed by atoms with Gasteiger partial charge in [0, 0.05) is 12.1 Å². The van der Waals surface area contributed by atoms with E-state index in [1.807, 2.05) is 0 Å². The van der Waals surface area contributed by atoms with Crippen LogP contribution in [0.5, 0.6) is 0 Å². The van der Waals surface area contributed by atoms with Crippen LogP contribution in [0.1, 0.15) is 36.5 Å². The molecule has 1 fully saturated rings. The zero-order chi connectivity index (χ0) is 15.1. The third-order valence-electron chi connectivity index (χ3n) is 3.59. The maximum absolute atomic E-state index is 12.0. The lowest BCUT2D eigenvalue weighted by atomic mass is 9.94. The van der Waals surface area contributed by atoms with Crippen LogP contribution in [-0.2, 0) is 9.53 Å². The third kappa shape index (κ3) is 5.66. The van der Waals surface area contributed by atoms with Gasteiger partial charge in [0.2, 0.25) is 5.91 Å². The summed E-state index contributed by atoms with van der Waals surface area (Å²) in [6.45, 7) is 4.07. The van der Waals surface area contributed by atoms with Gasteiger partial charge in [0.05, 0.1) is 12.2 Å². The summed E-state index contributed by atoms with van der Waals surface area (Å²) in [5, 5.41) is 6.15. The van der Waals surface area contributed by atoms with Crippen LogP contribution >= 0.6 is 12.4 Å². The van der Waals surface area contributed by atoms with E-state index in [1.54, 1.807) is 31.2 Å². The lowest BCUT2D eigenvalue weighted by Gasteiger charge is -2.21. The first kappa shape index (κ1) is 18.5. The molecule has 1 aliphatic heterocycles. The van der Waals surface area contributed by atoms with Crippen LogP contribution in [0, 0.1) is 5.92 Å². The molecule has 1 amide bonds. The molecule has 0 saturated carbocycles. The molecule has 2 rings (SSSR count). The fraction of sp³-hybridized carbons (Fsp3) is 0.500. The molecule has 1 aromatic carbocycles. The lowest BCUT2D eigenvalue weighted by molar-refractivity contribution is -0.117. The minimum atomic E-state index is -0.369. The predicted molar refractivity (Wildman–Crippen MR) is 88.5 cm³/mol. The van der Waals surface area contributed by atoms with Crippen LogP contribution in [0.15, 0.2) is 24.3 Å². The van der Waals surface area contributed by atoms with E-state index in [9.17, 15) is 9.59 Å². The van der Waals surface area contributed by atoms with Gasteiger partial charge in [-0.15, -0.1) is 12.4 Å². The van der Waals surface area contributed by atoms with Gasteiger partial charge >= 0.3 is 5.97 Å². The van der Waals surface area contributed by atoms with Gasteiger partial charge in [-0.1, -0.05) is 6.07 Å². The van der Waals surface area contributed by atoms with E-state index in [2.05, 4.69) is 10.6 Å². The van der Waals surface area contributed by atoms with Crippen molar-refractivity contribution >= 4 is 30.0 Å². The van der Waals surface area contributed by atoms with Gasteiger partial charge in [-0.3, -0.25) is 4.79 Å². The van der Waals surface area contributed by atoms with Crippen molar-refractivity contribution in [3.63, 3.8) is 0 Å². The molecule has 1 aliphatic rings. The summed E-state index contributed by atoms with van der Waals surface area (Å²) < 4.78 is 4.95. The van der Waals surface area contributed by atoms with Gasteiger partial charge in [-0.05, 0) is 57.0 Å². The quantitative estimate of drug-likeness (QED) is 0.816. The summed E-state index contributed by atoms with van der Waals surface area (Å²) in [6.07, 6.45) is 2.61. The first-order valence-electron chi connectivity index (χ1n) is 7.46. The van der Waals surface area contributed by atoms with Crippen molar-refractivity contribution in [1.82, 2.24) is 5.32 Å². The summed E-state index contributed by atoms with van der Waals surface area (Å²) >= 11 is 0. The Morgan fingerprint density at radius 3 is 2.73 bits per heavy atom. The average molecular weight is 327 g/mol. The topological polar surface area (TPSA) is 67.4 Å². The normalized spacial score (nSPS) is 14.8. The summed E-state index contributed by atoms with van der Waals surface area (Å²) in [6, 6.07) is 6.86. The van der Waals surface area contributed by atoms with Gasteiger partial charge in [0.15, 0.2) is 0 Å². The third-order valence-corrected chi connectivity index (χ3v) is 3.59. The number of ether oxygens (including phenoxy) is 1. The first-order chi connectivity index (χ1) is 10.2. The molecule has 0 spiro atoms. The zero-order valence-electron chi connectivity index (χ0n) is 12.8. The number of amides is 1. The number of hydrogen-bond acceptors (Lipinski definition) is 4. The number of carbonyl (C=O) groups excluding carboxylic acids is 2. The SMILES string of the molecule is CCOC(=O)c1cccc(NC(=O)CC2CCNCC2)c1.Cl. The molecule has 22 heavy (non-hydrogen) atoms. The van der Waals surface area contributed by atoms with Crippen molar-refractivity contribution in [2.75, 3.05) is 25.0 Å². The van der Waals surface area contributed by atoms with Gasteiger partial charge < -0.3 is 15.4 Å². The van der Waals surface area contributed by atoms with Crippen LogP contribution in [0.25, 0.3) is 0 Å². The molecule has 1 aromatic rings. The largest absolute Gasteiger partial charge is 0.462 e. The van der Waals surface area contributed by atoms with Crippen LogP contribution in [0.4, 0.5) is 5.69 Å². The Labute approximate surface area is 137 Å². The highest BCUT2D eigenvalue weighted by molar-refractivity contribution is 5.94. The Kier molecular flexibility index (Phi) is 7.91.